The van der Waals surface area contributed by atoms with E-state index in [0.29, 0.717) is 0 Å². The zero-order chi connectivity index (χ0) is 12.5. The zero-order valence-electron chi connectivity index (χ0n) is 9.69. The van der Waals surface area contributed by atoms with Gasteiger partial charge in [0.15, 0.2) is 0 Å². The van der Waals surface area contributed by atoms with Gasteiger partial charge in [-0.1, -0.05) is 6.07 Å². The van der Waals surface area contributed by atoms with Gasteiger partial charge in [0.25, 0.3) is 0 Å². The molecule has 2 rings (SSSR count). The number of anilines is 1. The van der Waals surface area contributed by atoms with Gasteiger partial charge >= 0.3 is 5.97 Å². The molecular weight excluding hydrogens is 236 g/mol. The molecule has 0 unspecified atom stereocenters. The van der Waals surface area contributed by atoms with E-state index < -0.39 is 5.97 Å². The number of benzene rings is 1. The van der Waals surface area contributed by atoms with Gasteiger partial charge < -0.3 is 16.2 Å². The van der Waals surface area contributed by atoms with Crippen molar-refractivity contribution in [1.82, 2.24) is 5.32 Å². The number of nitrogens with one attached hydrogen (secondary N) is 1. The van der Waals surface area contributed by atoms with Crippen molar-refractivity contribution >= 4 is 23.4 Å². The van der Waals surface area contributed by atoms with Gasteiger partial charge in [-0.15, -0.1) is 11.8 Å². The van der Waals surface area contributed by atoms with Crippen molar-refractivity contribution in [3.05, 3.63) is 23.8 Å². The van der Waals surface area contributed by atoms with E-state index in [9.17, 15) is 4.79 Å². The third-order valence-corrected chi connectivity index (χ3v) is 4.32. The summed E-state index contributed by atoms with van der Waals surface area (Å²) in [5.74, 6) is -0.760. The van der Waals surface area contributed by atoms with E-state index in [1.54, 1.807) is 11.8 Å². The lowest BCUT2D eigenvalue weighted by atomic mass is 9.98. The van der Waals surface area contributed by atoms with Crippen LogP contribution in [0, 0.1) is 6.92 Å². The molecule has 5 heteroatoms. The number of carboxylic acids is 1. The first-order valence-corrected chi connectivity index (χ1v) is 6.30. The number of nitrogens with two attached hydrogens (primary N) is 1. The molecule has 1 aromatic carbocycles. The molecule has 0 spiro atoms. The number of aliphatic carboxylic acids is 1. The van der Waals surface area contributed by atoms with Gasteiger partial charge in [-0.05, 0) is 24.6 Å². The molecule has 0 saturated carbocycles. The van der Waals surface area contributed by atoms with Crippen molar-refractivity contribution in [2.24, 2.45) is 0 Å². The molecule has 1 saturated heterocycles. The number of nitrogen functional groups attached to an aromatic ring is 1. The van der Waals surface area contributed by atoms with Crippen LogP contribution in [0.25, 0.3) is 0 Å². The Balaban J connectivity index is 2.15. The molecular formula is C12H16N2O2S. The Kier molecular flexibility index (Phi) is 3.31. The van der Waals surface area contributed by atoms with Crippen LogP contribution in [0.3, 0.4) is 0 Å². The van der Waals surface area contributed by atoms with Gasteiger partial charge in [0.2, 0.25) is 0 Å². The van der Waals surface area contributed by atoms with E-state index in [4.69, 9.17) is 10.8 Å². The predicted octanol–water partition coefficient (Wildman–Crippen LogP) is 1.49. The molecule has 1 heterocycles. The molecule has 0 amide bonds. The van der Waals surface area contributed by atoms with E-state index in [0.717, 1.165) is 29.2 Å². The first kappa shape index (κ1) is 12.3. The summed E-state index contributed by atoms with van der Waals surface area (Å²) in [4.78, 5) is 11.8. The lowest BCUT2D eigenvalue weighted by Crippen LogP contribution is -2.57. The smallest absolute Gasteiger partial charge is 0.304 e. The summed E-state index contributed by atoms with van der Waals surface area (Å²) in [5.41, 5.74) is 7.79. The van der Waals surface area contributed by atoms with E-state index in [-0.39, 0.29) is 11.2 Å². The number of hydrogen-bond donors (Lipinski definition) is 3. The maximum Gasteiger partial charge on any atom is 0.304 e. The Morgan fingerprint density at radius 2 is 2.29 bits per heavy atom. The monoisotopic (exact) mass is 252 g/mol. The molecule has 1 aromatic rings. The third-order valence-electron chi connectivity index (χ3n) is 2.86. The van der Waals surface area contributed by atoms with Crippen molar-refractivity contribution in [2.75, 3.05) is 18.8 Å². The molecule has 0 bridgehead atoms. The van der Waals surface area contributed by atoms with Crippen LogP contribution in [-0.4, -0.2) is 28.9 Å². The highest BCUT2D eigenvalue weighted by Crippen LogP contribution is 2.41. The average Bonchev–Trinajstić information content (AvgIpc) is 2.18. The number of carbonyl (C=O) groups is 1. The minimum atomic E-state index is -0.760. The second-order valence-electron chi connectivity index (χ2n) is 4.50. The van der Waals surface area contributed by atoms with Crippen molar-refractivity contribution in [3.8, 4) is 0 Å². The van der Waals surface area contributed by atoms with Gasteiger partial charge in [0, 0.05) is 23.7 Å². The Bertz CT molecular complexity index is 444. The highest BCUT2D eigenvalue weighted by molar-refractivity contribution is 8.01. The number of aryl methyl sites for hydroxylation is 1. The normalized spacial score (nSPS) is 17.5. The van der Waals surface area contributed by atoms with Crippen LogP contribution in [-0.2, 0) is 4.79 Å². The Morgan fingerprint density at radius 1 is 1.59 bits per heavy atom. The number of rotatable bonds is 4. The predicted molar refractivity (Wildman–Crippen MR) is 69.3 cm³/mol. The molecule has 1 aliphatic heterocycles. The third kappa shape index (κ3) is 2.73. The Labute approximate surface area is 105 Å². The van der Waals surface area contributed by atoms with Gasteiger partial charge in [0.05, 0.1) is 11.2 Å². The van der Waals surface area contributed by atoms with Crippen LogP contribution in [0.5, 0.6) is 0 Å². The standard InChI is InChI=1S/C12H16N2O2S/c1-8-2-3-10(9(13)4-8)17-12(5-11(15)16)6-14-7-12/h2-4,14H,5-7,13H2,1H3,(H,15,16). The molecule has 4 nitrogen and oxygen atoms in total. The van der Waals surface area contributed by atoms with Crippen molar-refractivity contribution in [1.29, 1.82) is 0 Å². The minimum Gasteiger partial charge on any atom is -0.481 e. The Morgan fingerprint density at radius 3 is 2.76 bits per heavy atom. The van der Waals surface area contributed by atoms with E-state index in [2.05, 4.69) is 5.32 Å². The van der Waals surface area contributed by atoms with Crippen LogP contribution in [0.1, 0.15) is 12.0 Å². The van der Waals surface area contributed by atoms with Gasteiger partial charge in [0.1, 0.15) is 0 Å². The van der Waals surface area contributed by atoms with E-state index in [1.807, 2.05) is 25.1 Å². The number of thioether (sulfide) groups is 1. The fourth-order valence-electron chi connectivity index (χ4n) is 1.91. The maximum absolute atomic E-state index is 10.9. The summed E-state index contributed by atoms with van der Waals surface area (Å²) >= 11 is 1.57. The van der Waals surface area contributed by atoms with Crippen LogP contribution in [0.15, 0.2) is 23.1 Å². The Hall–Kier alpha value is -1.20. The maximum atomic E-state index is 10.9. The summed E-state index contributed by atoms with van der Waals surface area (Å²) < 4.78 is -0.241. The van der Waals surface area contributed by atoms with Gasteiger partial charge in [-0.3, -0.25) is 4.79 Å². The van der Waals surface area contributed by atoms with Crippen LogP contribution >= 0.6 is 11.8 Å². The highest BCUT2D eigenvalue weighted by Gasteiger charge is 2.40. The quantitative estimate of drug-likeness (QED) is 0.708. The fraction of sp³-hybridized carbons (Fsp3) is 0.417. The molecule has 0 atom stereocenters. The highest BCUT2D eigenvalue weighted by atomic mass is 32.2. The molecule has 0 radical (unpaired) electrons. The summed E-state index contributed by atoms with van der Waals surface area (Å²) in [5, 5.41) is 12.1. The zero-order valence-corrected chi connectivity index (χ0v) is 10.5. The second kappa shape index (κ2) is 4.58. The van der Waals surface area contributed by atoms with Crippen LogP contribution in [0.4, 0.5) is 5.69 Å². The van der Waals surface area contributed by atoms with Crippen molar-refractivity contribution < 1.29 is 9.90 Å². The number of hydrogen-bond acceptors (Lipinski definition) is 4. The fourth-order valence-corrected chi connectivity index (χ4v) is 3.23. The largest absolute Gasteiger partial charge is 0.481 e. The molecule has 92 valence electrons. The van der Waals surface area contributed by atoms with E-state index in [1.165, 1.54) is 0 Å². The lowest BCUT2D eigenvalue weighted by molar-refractivity contribution is -0.138. The SMILES string of the molecule is Cc1ccc(SC2(CC(=O)O)CNC2)c(N)c1. The minimum absolute atomic E-state index is 0.165. The second-order valence-corrected chi connectivity index (χ2v) is 6.01. The van der Waals surface area contributed by atoms with Crippen molar-refractivity contribution in [3.63, 3.8) is 0 Å². The van der Waals surface area contributed by atoms with Gasteiger partial charge in [-0.2, -0.15) is 0 Å². The first-order chi connectivity index (χ1) is 8.01. The average molecular weight is 252 g/mol. The molecule has 4 N–H and O–H groups in total. The molecule has 1 aliphatic rings. The van der Waals surface area contributed by atoms with Crippen LogP contribution < -0.4 is 11.1 Å². The first-order valence-electron chi connectivity index (χ1n) is 5.48. The molecule has 1 fully saturated rings. The number of carboxylic acid groups (broad SMARTS) is 1. The summed E-state index contributed by atoms with van der Waals surface area (Å²) in [7, 11) is 0. The molecule has 0 aromatic heterocycles. The summed E-state index contributed by atoms with van der Waals surface area (Å²) in [6.45, 7) is 3.43. The van der Waals surface area contributed by atoms with Crippen LogP contribution in [0.2, 0.25) is 0 Å². The molecule has 17 heavy (non-hydrogen) atoms. The topological polar surface area (TPSA) is 75.3 Å². The summed E-state index contributed by atoms with van der Waals surface area (Å²) in [6, 6.07) is 5.89. The summed E-state index contributed by atoms with van der Waals surface area (Å²) in [6.07, 6.45) is 0.165. The van der Waals surface area contributed by atoms with Gasteiger partial charge in [-0.25, -0.2) is 0 Å². The van der Waals surface area contributed by atoms with Crippen molar-refractivity contribution in [2.45, 2.75) is 23.0 Å². The van der Waals surface area contributed by atoms with E-state index >= 15 is 0 Å². The lowest BCUT2D eigenvalue weighted by Gasteiger charge is -2.41. The molecule has 0 aliphatic carbocycles.